The first-order chi connectivity index (χ1) is 9.31. The van der Waals surface area contributed by atoms with E-state index in [2.05, 4.69) is 5.32 Å². The summed E-state index contributed by atoms with van der Waals surface area (Å²) in [5, 5.41) is 12.9. The highest BCUT2D eigenvalue weighted by Crippen LogP contribution is 2.15. The number of aliphatic hydroxyl groups is 1. The molecule has 2 atom stereocenters. The molecule has 1 aliphatic heterocycles. The van der Waals surface area contributed by atoms with Gasteiger partial charge < -0.3 is 24.8 Å². The number of nitrogens with one attached hydrogen (secondary N) is 1. The molecule has 0 spiro atoms. The molecular weight excluding hydrogens is 260 g/mol. The zero-order valence-electron chi connectivity index (χ0n) is 13.0. The standard InChI is InChI=1S/C14H28N2O4/c1-14(2,3)20-13(18)16-7-5-6-11(9-16)15-8-12(17)10-19-4/h11-12,15,17H,5-10H2,1-4H3. The minimum atomic E-state index is -0.517. The zero-order chi connectivity index (χ0) is 15.2. The lowest BCUT2D eigenvalue weighted by Gasteiger charge is -2.34. The van der Waals surface area contributed by atoms with Crippen molar-refractivity contribution in [2.75, 3.05) is 33.4 Å². The highest BCUT2D eigenvalue weighted by Gasteiger charge is 2.27. The first-order valence-electron chi connectivity index (χ1n) is 7.20. The van der Waals surface area contributed by atoms with Gasteiger partial charge in [-0.3, -0.25) is 0 Å². The van der Waals surface area contributed by atoms with Crippen LogP contribution in [0.2, 0.25) is 0 Å². The SMILES string of the molecule is COCC(O)CNC1CCCN(C(=O)OC(C)(C)C)C1. The predicted molar refractivity (Wildman–Crippen MR) is 76.7 cm³/mol. The first kappa shape index (κ1) is 17.2. The van der Waals surface area contributed by atoms with Crippen molar-refractivity contribution in [2.45, 2.75) is 51.4 Å². The molecule has 0 bridgehead atoms. The number of hydrogen-bond acceptors (Lipinski definition) is 5. The second kappa shape index (κ2) is 7.81. The molecule has 1 heterocycles. The van der Waals surface area contributed by atoms with Gasteiger partial charge in [-0.1, -0.05) is 0 Å². The van der Waals surface area contributed by atoms with Crippen LogP contribution in [0.1, 0.15) is 33.6 Å². The Balaban J connectivity index is 2.36. The minimum absolute atomic E-state index is 0.197. The average Bonchev–Trinajstić information content (AvgIpc) is 2.35. The minimum Gasteiger partial charge on any atom is -0.444 e. The Labute approximate surface area is 121 Å². The number of likely N-dealkylation sites (tertiary alicyclic amines) is 1. The maximum Gasteiger partial charge on any atom is 0.410 e. The van der Waals surface area contributed by atoms with Crippen molar-refractivity contribution in [3.8, 4) is 0 Å². The van der Waals surface area contributed by atoms with Crippen LogP contribution in [0.3, 0.4) is 0 Å². The second-order valence-electron chi connectivity index (χ2n) is 6.28. The van der Waals surface area contributed by atoms with E-state index < -0.39 is 11.7 Å². The Morgan fingerprint density at radius 3 is 2.80 bits per heavy atom. The quantitative estimate of drug-likeness (QED) is 0.789. The van der Waals surface area contributed by atoms with Gasteiger partial charge in [-0.25, -0.2) is 4.79 Å². The molecule has 1 aliphatic rings. The number of nitrogens with zero attached hydrogens (tertiary/aromatic N) is 1. The summed E-state index contributed by atoms with van der Waals surface area (Å²) in [6, 6.07) is 0.197. The Morgan fingerprint density at radius 1 is 1.50 bits per heavy atom. The smallest absolute Gasteiger partial charge is 0.410 e. The lowest BCUT2D eigenvalue weighted by Crippen LogP contribution is -2.50. The summed E-state index contributed by atoms with van der Waals surface area (Å²) in [5.41, 5.74) is -0.466. The Morgan fingerprint density at radius 2 is 2.20 bits per heavy atom. The van der Waals surface area contributed by atoms with Gasteiger partial charge >= 0.3 is 6.09 Å². The van der Waals surface area contributed by atoms with E-state index in [-0.39, 0.29) is 12.1 Å². The molecule has 6 heteroatoms. The number of hydrogen-bond donors (Lipinski definition) is 2. The molecule has 1 amide bonds. The average molecular weight is 288 g/mol. The van der Waals surface area contributed by atoms with Gasteiger partial charge in [-0.15, -0.1) is 0 Å². The molecule has 2 N–H and O–H groups in total. The molecule has 2 unspecified atom stereocenters. The fourth-order valence-electron chi connectivity index (χ4n) is 2.19. The van der Waals surface area contributed by atoms with Gasteiger partial charge in [-0.05, 0) is 33.6 Å². The van der Waals surface area contributed by atoms with E-state index in [0.29, 0.717) is 19.7 Å². The van der Waals surface area contributed by atoms with Crippen molar-refractivity contribution in [3.05, 3.63) is 0 Å². The van der Waals surface area contributed by atoms with Crippen LogP contribution in [0.15, 0.2) is 0 Å². The lowest BCUT2D eigenvalue weighted by atomic mass is 10.1. The van der Waals surface area contributed by atoms with Crippen LogP contribution in [-0.4, -0.2) is 67.2 Å². The number of ether oxygens (including phenoxy) is 2. The van der Waals surface area contributed by atoms with Crippen LogP contribution in [0.5, 0.6) is 0 Å². The number of methoxy groups -OCH3 is 1. The molecule has 0 radical (unpaired) electrons. The third-order valence-corrected chi connectivity index (χ3v) is 3.07. The van der Waals surface area contributed by atoms with Crippen LogP contribution < -0.4 is 5.32 Å². The summed E-state index contributed by atoms with van der Waals surface area (Å²) in [4.78, 5) is 13.7. The molecule has 0 aromatic heterocycles. The van der Waals surface area contributed by atoms with E-state index in [1.165, 1.54) is 0 Å². The Kier molecular flexibility index (Phi) is 6.71. The number of carbonyl (C=O) groups is 1. The Bertz CT molecular complexity index is 304. The fourth-order valence-corrected chi connectivity index (χ4v) is 2.19. The normalized spacial score (nSPS) is 21.6. The van der Waals surface area contributed by atoms with Gasteiger partial charge in [0, 0.05) is 32.8 Å². The maximum absolute atomic E-state index is 12.0. The Hall–Kier alpha value is -0.850. The molecule has 0 aliphatic carbocycles. The van der Waals surface area contributed by atoms with Crippen molar-refractivity contribution in [2.24, 2.45) is 0 Å². The zero-order valence-corrected chi connectivity index (χ0v) is 13.0. The van der Waals surface area contributed by atoms with E-state index in [4.69, 9.17) is 9.47 Å². The second-order valence-corrected chi connectivity index (χ2v) is 6.28. The molecule has 6 nitrogen and oxygen atoms in total. The van der Waals surface area contributed by atoms with Gasteiger partial charge in [0.15, 0.2) is 0 Å². The van der Waals surface area contributed by atoms with E-state index >= 15 is 0 Å². The third kappa shape index (κ3) is 6.54. The van der Waals surface area contributed by atoms with Crippen LogP contribution >= 0.6 is 0 Å². The largest absolute Gasteiger partial charge is 0.444 e. The van der Waals surface area contributed by atoms with Gasteiger partial charge in [0.05, 0.1) is 12.7 Å². The van der Waals surface area contributed by atoms with Crippen LogP contribution in [-0.2, 0) is 9.47 Å². The molecule has 20 heavy (non-hydrogen) atoms. The van der Waals surface area contributed by atoms with E-state index in [9.17, 15) is 9.90 Å². The molecule has 0 aromatic carbocycles. The summed E-state index contributed by atoms with van der Waals surface area (Å²) < 4.78 is 10.3. The highest BCUT2D eigenvalue weighted by atomic mass is 16.6. The number of aliphatic hydroxyl groups excluding tert-OH is 1. The van der Waals surface area contributed by atoms with Crippen LogP contribution in [0.4, 0.5) is 4.79 Å². The number of piperidine rings is 1. The first-order valence-corrected chi connectivity index (χ1v) is 7.20. The molecule has 118 valence electrons. The van der Waals surface area contributed by atoms with Crippen molar-refractivity contribution in [3.63, 3.8) is 0 Å². The van der Waals surface area contributed by atoms with E-state index in [1.807, 2.05) is 20.8 Å². The van der Waals surface area contributed by atoms with Gasteiger partial charge in [0.2, 0.25) is 0 Å². The number of carbonyl (C=O) groups excluding carboxylic acids is 1. The van der Waals surface area contributed by atoms with Crippen molar-refractivity contribution in [1.29, 1.82) is 0 Å². The van der Waals surface area contributed by atoms with Crippen LogP contribution in [0, 0.1) is 0 Å². The van der Waals surface area contributed by atoms with Gasteiger partial charge in [0.25, 0.3) is 0 Å². The van der Waals surface area contributed by atoms with Gasteiger partial charge in [0.1, 0.15) is 5.60 Å². The van der Waals surface area contributed by atoms with E-state index in [1.54, 1.807) is 12.0 Å². The van der Waals surface area contributed by atoms with Crippen molar-refractivity contribution in [1.82, 2.24) is 10.2 Å². The molecule has 1 rings (SSSR count). The fraction of sp³-hybridized carbons (Fsp3) is 0.929. The van der Waals surface area contributed by atoms with Crippen LogP contribution in [0.25, 0.3) is 0 Å². The monoisotopic (exact) mass is 288 g/mol. The summed E-state index contributed by atoms with van der Waals surface area (Å²) in [7, 11) is 1.56. The molecule has 0 aromatic rings. The highest BCUT2D eigenvalue weighted by molar-refractivity contribution is 5.68. The number of amides is 1. The molecule has 1 saturated heterocycles. The summed E-state index contributed by atoms with van der Waals surface area (Å²) in [6.45, 7) is 7.74. The molecule has 0 saturated carbocycles. The van der Waals surface area contributed by atoms with Crippen molar-refractivity contribution < 1.29 is 19.4 Å². The lowest BCUT2D eigenvalue weighted by molar-refractivity contribution is 0.0174. The summed E-state index contributed by atoms with van der Waals surface area (Å²) in [6.07, 6.45) is 1.16. The summed E-state index contributed by atoms with van der Waals surface area (Å²) >= 11 is 0. The van der Waals surface area contributed by atoms with Gasteiger partial charge in [-0.2, -0.15) is 0 Å². The third-order valence-electron chi connectivity index (χ3n) is 3.07. The predicted octanol–water partition coefficient (Wildman–Crippen LogP) is 0.983. The maximum atomic E-state index is 12.0. The van der Waals surface area contributed by atoms with Crippen molar-refractivity contribution >= 4 is 6.09 Å². The summed E-state index contributed by atoms with van der Waals surface area (Å²) in [5.74, 6) is 0. The van der Waals surface area contributed by atoms with E-state index in [0.717, 1.165) is 19.4 Å². The number of rotatable bonds is 5. The molecular formula is C14H28N2O4. The molecule has 1 fully saturated rings. The topological polar surface area (TPSA) is 71.0 Å².